The predicted octanol–water partition coefficient (Wildman–Crippen LogP) is 5.19. The van der Waals surface area contributed by atoms with Crippen molar-refractivity contribution in [3.63, 3.8) is 0 Å². The highest BCUT2D eigenvalue weighted by Crippen LogP contribution is 2.33. The number of hydrogen-bond donors (Lipinski definition) is 0. The zero-order chi connectivity index (χ0) is 14.2. The lowest BCUT2D eigenvalue weighted by Crippen LogP contribution is -1.86. The van der Waals surface area contributed by atoms with E-state index in [1.807, 2.05) is 30.5 Å². The van der Waals surface area contributed by atoms with E-state index >= 15 is 0 Å². The van der Waals surface area contributed by atoms with Crippen LogP contribution >= 0.6 is 0 Å². The smallest absolute Gasteiger partial charge is 0.123 e. The van der Waals surface area contributed by atoms with Crippen LogP contribution in [0.1, 0.15) is 0 Å². The van der Waals surface area contributed by atoms with Gasteiger partial charge in [0.15, 0.2) is 0 Å². The quantitative estimate of drug-likeness (QED) is 0.435. The van der Waals surface area contributed by atoms with Gasteiger partial charge < -0.3 is 0 Å². The van der Waals surface area contributed by atoms with Crippen molar-refractivity contribution < 1.29 is 4.39 Å². The number of pyridine rings is 1. The Balaban J connectivity index is 2.13. The van der Waals surface area contributed by atoms with E-state index in [4.69, 9.17) is 0 Å². The fraction of sp³-hybridized carbons (Fsp3) is 0. The molecule has 4 rings (SSSR count). The van der Waals surface area contributed by atoms with Crippen molar-refractivity contribution in [2.24, 2.45) is 0 Å². The van der Waals surface area contributed by atoms with Gasteiger partial charge in [0, 0.05) is 17.0 Å². The summed E-state index contributed by atoms with van der Waals surface area (Å²) >= 11 is 0. The molecule has 4 aromatic rings. The van der Waals surface area contributed by atoms with Crippen LogP contribution in [-0.2, 0) is 0 Å². The molecule has 0 spiro atoms. The molecule has 1 aromatic heterocycles. The van der Waals surface area contributed by atoms with Crippen molar-refractivity contribution >= 4 is 21.7 Å². The van der Waals surface area contributed by atoms with Crippen molar-refractivity contribution in [3.8, 4) is 11.1 Å². The van der Waals surface area contributed by atoms with Gasteiger partial charge in [0.05, 0.1) is 5.52 Å². The molecule has 0 unspecified atom stereocenters. The van der Waals surface area contributed by atoms with Gasteiger partial charge in [0.2, 0.25) is 0 Å². The first kappa shape index (κ1) is 12.0. The zero-order valence-corrected chi connectivity index (χ0v) is 11.3. The maximum absolute atomic E-state index is 13.2. The molecule has 0 aliphatic rings. The van der Waals surface area contributed by atoms with Crippen LogP contribution in [0.15, 0.2) is 72.9 Å². The molecule has 0 N–H and O–H groups in total. The van der Waals surface area contributed by atoms with Crippen molar-refractivity contribution in [3.05, 3.63) is 78.7 Å². The Kier molecular flexibility index (Phi) is 2.68. The Bertz CT molecular complexity index is 942. The first-order chi connectivity index (χ1) is 10.3. The topological polar surface area (TPSA) is 12.9 Å². The van der Waals surface area contributed by atoms with Crippen LogP contribution in [-0.4, -0.2) is 4.98 Å². The van der Waals surface area contributed by atoms with Crippen LogP contribution in [0, 0.1) is 5.82 Å². The third-order valence-electron chi connectivity index (χ3n) is 3.77. The molecule has 0 fully saturated rings. The van der Waals surface area contributed by atoms with Crippen LogP contribution in [0.5, 0.6) is 0 Å². The fourth-order valence-corrected chi connectivity index (χ4v) is 2.78. The van der Waals surface area contributed by atoms with Gasteiger partial charge in [0.25, 0.3) is 0 Å². The van der Waals surface area contributed by atoms with Gasteiger partial charge in [-0.15, -0.1) is 0 Å². The zero-order valence-electron chi connectivity index (χ0n) is 11.3. The SMILES string of the molecule is Fc1ccc(-c2cccc3ccc4cccnc4c23)cc1. The number of fused-ring (bicyclic) bond motifs is 3. The van der Waals surface area contributed by atoms with Crippen molar-refractivity contribution in [2.75, 3.05) is 0 Å². The Morgan fingerprint density at radius 1 is 0.714 bits per heavy atom. The summed E-state index contributed by atoms with van der Waals surface area (Å²) in [5.41, 5.74) is 3.06. The number of aromatic nitrogens is 1. The number of benzene rings is 3. The lowest BCUT2D eigenvalue weighted by molar-refractivity contribution is 0.628. The molecular formula is C19H12FN. The van der Waals surface area contributed by atoms with Crippen molar-refractivity contribution in [1.82, 2.24) is 4.98 Å². The third kappa shape index (κ3) is 1.96. The average Bonchev–Trinajstić information content (AvgIpc) is 2.55. The number of nitrogens with zero attached hydrogens (tertiary/aromatic N) is 1. The monoisotopic (exact) mass is 273 g/mol. The van der Waals surface area contributed by atoms with E-state index in [-0.39, 0.29) is 5.82 Å². The maximum atomic E-state index is 13.2. The summed E-state index contributed by atoms with van der Waals surface area (Å²) in [4.78, 5) is 4.54. The number of hydrogen-bond acceptors (Lipinski definition) is 1. The summed E-state index contributed by atoms with van der Waals surface area (Å²) in [6, 6.07) is 21.0. The van der Waals surface area contributed by atoms with E-state index in [9.17, 15) is 4.39 Å². The first-order valence-corrected chi connectivity index (χ1v) is 6.85. The normalized spacial score (nSPS) is 11.1. The second kappa shape index (κ2) is 4.67. The van der Waals surface area contributed by atoms with Crippen LogP contribution in [0.25, 0.3) is 32.8 Å². The maximum Gasteiger partial charge on any atom is 0.123 e. The van der Waals surface area contributed by atoms with Crippen LogP contribution in [0.4, 0.5) is 4.39 Å². The molecular weight excluding hydrogens is 261 g/mol. The molecule has 1 heterocycles. The molecule has 3 aromatic carbocycles. The fourth-order valence-electron chi connectivity index (χ4n) is 2.78. The molecule has 0 radical (unpaired) electrons. The lowest BCUT2D eigenvalue weighted by atomic mass is 9.96. The average molecular weight is 273 g/mol. The van der Waals surface area contributed by atoms with Gasteiger partial charge in [-0.25, -0.2) is 4.39 Å². The summed E-state index contributed by atoms with van der Waals surface area (Å²) in [5, 5.41) is 3.37. The van der Waals surface area contributed by atoms with Gasteiger partial charge in [-0.3, -0.25) is 4.98 Å². The Morgan fingerprint density at radius 2 is 1.48 bits per heavy atom. The van der Waals surface area contributed by atoms with Gasteiger partial charge in [-0.05, 0) is 34.7 Å². The Hall–Kier alpha value is -2.74. The van der Waals surface area contributed by atoms with E-state index in [1.165, 1.54) is 12.1 Å². The summed E-state index contributed by atoms with van der Waals surface area (Å²) in [7, 11) is 0. The van der Waals surface area contributed by atoms with Crippen molar-refractivity contribution in [2.45, 2.75) is 0 Å². The third-order valence-corrected chi connectivity index (χ3v) is 3.77. The molecule has 21 heavy (non-hydrogen) atoms. The Labute approximate surface area is 121 Å². The standard InChI is InChI=1S/C19H12FN/c20-16-10-8-13(9-11-16)17-5-1-3-14-6-7-15-4-2-12-21-19(15)18(14)17/h1-12H. The van der Waals surface area contributed by atoms with E-state index < -0.39 is 0 Å². The highest BCUT2D eigenvalue weighted by molar-refractivity contribution is 6.12. The second-order valence-electron chi connectivity index (χ2n) is 5.05. The summed E-state index contributed by atoms with van der Waals surface area (Å²) in [6.45, 7) is 0. The Morgan fingerprint density at radius 3 is 2.33 bits per heavy atom. The first-order valence-electron chi connectivity index (χ1n) is 6.85. The molecule has 2 heteroatoms. The molecule has 0 aliphatic carbocycles. The van der Waals surface area contributed by atoms with Crippen molar-refractivity contribution in [1.29, 1.82) is 0 Å². The predicted molar refractivity (Wildman–Crippen MR) is 84.6 cm³/mol. The van der Waals surface area contributed by atoms with Gasteiger partial charge >= 0.3 is 0 Å². The van der Waals surface area contributed by atoms with Crippen LogP contribution in [0.3, 0.4) is 0 Å². The molecule has 0 saturated carbocycles. The minimum Gasteiger partial charge on any atom is -0.256 e. The second-order valence-corrected chi connectivity index (χ2v) is 5.05. The molecule has 0 amide bonds. The molecule has 0 atom stereocenters. The van der Waals surface area contributed by atoms with Gasteiger partial charge in [-0.2, -0.15) is 0 Å². The van der Waals surface area contributed by atoms with E-state index in [0.717, 1.165) is 32.8 Å². The summed E-state index contributed by atoms with van der Waals surface area (Å²) in [5.74, 6) is -0.220. The highest BCUT2D eigenvalue weighted by atomic mass is 19.1. The minimum absolute atomic E-state index is 0.220. The van der Waals surface area contributed by atoms with E-state index in [1.54, 1.807) is 0 Å². The molecule has 0 bridgehead atoms. The minimum atomic E-state index is -0.220. The molecule has 0 saturated heterocycles. The van der Waals surface area contributed by atoms with Gasteiger partial charge in [0.1, 0.15) is 5.82 Å². The molecule has 0 aliphatic heterocycles. The summed E-state index contributed by atoms with van der Waals surface area (Å²) < 4.78 is 13.2. The lowest BCUT2D eigenvalue weighted by Gasteiger charge is -2.09. The van der Waals surface area contributed by atoms with E-state index in [0.29, 0.717) is 0 Å². The molecule has 100 valence electrons. The summed E-state index contributed by atoms with van der Waals surface area (Å²) in [6.07, 6.45) is 1.81. The van der Waals surface area contributed by atoms with Crippen LogP contribution in [0.2, 0.25) is 0 Å². The van der Waals surface area contributed by atoms with E-state index in [2.05, 4.69) is 35.3 Å². The highest BCUT2D eigenvalue weighted by Gasteiger charge is 2.08. The largest absolute Gasteiger partial charge is 0.256 e. The molecule has 1 nitrogen and oxygen atoms in total. The van der Waals surface area contributed by atoms with Gasteiger partial charge in [-0.1, -0.05) is 48.5 Å². The number of rotatable bonds is 1. The number of halogens is 1. The van der Waals surface area contributed by atoms with Crippen LogP contribution < -0.4 is 0 Å².